The Morgan fingerprint density at radius 2 is 2.15 bits per heavy atom. The molecule has 5 nitrogen and oxygen atoms in total. The summed E-state index contributed by atoms with van der Waals surface area (Å²) in [5.41, 5.74) is 5.76. The maximum Gasteiger partial charge on any atom is 0.322 e. The van der Waals surface area contributed by atoms with Crippen LogP contribution >= 0.6 is 0 Å². The largest absolute Gasteiger partial charge is 0.367 e. The van der Waals surface area contributed by atoms with E-state index in [-0.39, 0.29) is 18.0 Å². The van der Waals surface area contributed by atoms with E-state index in [0.29, 0.717) is 25.3 Å². The van der Waals surface area contributed by atoms with E-state index in [0.717, 1.165) is 0 Å². The number of morpholine rings is 1. The molecule has 1 aromatic carbocycles. The maximum atomic E-state index is 12.8. The minimum absolute atomic E-state index is 0.169. The fraction of sp³-hybridized carbons (Fsp3) is 0.500. The molecule has 1 aromatic rings. The number of nitrogens with zero attached hydrogens (tertiary/aromatic N) is 1. The van der Waals surface area contributed by atoms with Crippen LogP contribution in [0.5, 0.6) is 0 Å². The van der Waals surface area contributed by atoms with Gasteiger partial charge in [-0.3, -0.25) is 0 Å². The second-order valence-corrected chi connectivity index (χ2v) is 5.55. The maximum absolute atomic E-state index is 12.8. The molecule has 0 bridgehead atoms. The number of benzene rings is 1. The molecule has 1 aliphatic rings. The molecule has 0 saturated carbocycles. The highest BCUT2D eigenvalue weighted by Crippen LogP contribution is 2.21. The van der Waals surface area contributed by atoms with Gasteiger partial charge in [-0.05, 0) is 38.1 Å². The van der Waals surface area contributed by atoms with Crippen LogP contribution in [0.15, 0.2) is 24.3 Å². The third-order valence-corrected chi connectivity index (χ3v) is 3.13. The first-order valence-corrected chi connectivity index (χ1v) is 6.59. The summed E-state index contributed by atoms with van der Waals surface area (Å²) < 4.78 is 18.6. The zero-order valence-electron chi connectivity index (χ0n) is 11.7. The van der Waals surface area contributed by atoms with Crippen LogP contribution in [-0.2, 0) is 4.74 Å². The summed E-state index contributed by atoms with van der Waals surface area (Å²) in [6.45, 7) is 5.15. The van der Waals surface area contributed by atoms with Gasteiger partial charge in [-0.2, -0.15) is 0 Å². The average Bonchev–Trinajstić information content (AvgIpc) is 2.39. The Morgan fingerprint density at radius 3 is 2.75 bits per heavy atom. The number of anilines is 1. The fourth-order valence-electron chi connectivity index (χ4n) is 2.31. The first kappa shape index (κ1) is 14.7. The van der Waals surface area contributed by atoms with Crippen LogP contribution in [0.1, 0.15) is 13.8 Å². The average molecular weight is 281 g/mol. The van der Waals surface area contributed by atoms with E-state index in [1.54, 1.807) is 4.90 Å². The van der Waals surface area contributed by atoms with E-state index in [4.69, 9.17) is 10.5 Å². The molecule has 3 N–H and O–H groups in total. The molecule has 0 aliphatic carbocycles. The van der Waals surface area contributed by atoms with Gasteiger partial charge in [-0.15, -0.1) is 0 Å². The monoisotopic (exact) mass is 281 g/mol. The predicted octanol–water partition coefficient (Wildman–Crippen LogP) is 1.80. The fourth-order valence-corrected chi connectivity index (χ4v) is 2.31. The zero-order valence-corrected chi connectivity index (χ0v) is 11.7. The molecule has 1 aliphatic heterocycles. The number of nitrogens with one attached hydrogen (secondary N) is 1. The lowest BCUT2D eigenvalue weighted by molar-refractivity contribution is -0.119. The zero-order chi connectivity index (χ0) is 14.8. The van der Waals surface area contributed by atoms with E-state index in [1.165, 1.54) is 24.3 Å². The Labute approximate surface area is 117 Å². The minimum atomic E-state index is -0.428. The molecule has 1 saturated heterocycles. The highest BCUT2D eigenvalue weighted by Gasteiger charge is 2.35. The number of carbonyl (C=O) groups is 1. The van der Waals surface area contributed by atoms with Crippen molar-refractivity contribution in [1.29, 1.82) is 0 Å². The molecule has 2 rings (SSSR count). The van der Waals surface area contributed by atoms with Gasteiger partial charge in [-0.1, -0.05) is 0 Å². The molecule has 20 heavy (non-hydrogen) atoms. The lowest BCUT2D eigenvalue weighted by Gasteiger charge is -2.42. The Bertz CT molecular complexity index is 476. The van der Waals surface area contributed by atoms with E-state index in [2.05, 4.69) is 5.32 Å². The summed E-state index contributed by atoms with van der Waals surface area (Å²) in [4.78, 5) is 13.9. The summed E-state index contributed by atoms with van der Waals surface area (Å²) in [5, 5.41) is 2.75. The number of nitrogens with two attached hydrogens (primary N) is 1. The van der Waals surface area contributed by atoms with Crippen LogP contribution in [0.4, 0.5) is 14.9 Å². The third-order valence-electron chi connectivity index (χ3n) is 3.13. The second kappa shape index (κ2) is 5.76. The number of urea groups is 1. The summed E-state index contributed by atoms with van der Waals surface area (Å²) in [5.74, 6) is -0.335. The van der Waals surface area contributed by atoms with Crippen molar-refractivity contribution in [3.05, 3.63) is 30.1 Å². The molecule has 110 valence electrons. The number of rotatable bonds is 2. The third kappa shape index (κ3) is 3.68. The van der Waals surface area contributed by atoms with Gasteiger partial charge in [0.05, 0.1) is 18.2 Å². The van der Waals surface area contributed by atoms with Crippen molar-refractivity contribution < 1.29 is 13.9 Å². The van der Waals surface area contributed by atoms with Crippen LogP contribution < -0.4 is 11.1 Å². The van der Waals surface area contributed by atoms with Crippen LogP contribution in [0.25, 0.3) is 0 Å². The van der Waals surface area contributed by atoms with Crippen molar-refractivity contribution in [2.45, 2.75) is 25.6 Å². The number of hydrogen-bond donors (Lipinski definition) is 2. The molecule has 1 heterocycles. The SMILES string of the molecule is CC1(C)CN(C(=O)Nc2ccc(F)cc2)CC(CN)O1. The molecule has 1 atom stereocenters. The molecule has 0 aromatic heterocycles. The minimum Gasteiger partial charge on any atom is -0.367 e. The van der Waals surface area contributed by atoms with Gasteiger partial charge in [0.25, 0.3) is 0 Å². The van der Waals surface area contributed by atoms with Gasteiger partial charge in [0.15, 0.2) is 0 Å². The van der Waals surface area contributed by atoms with Crippen LogP contribution in [0.2, 0.25) is 0 Å². The van der Waals surface area contributed by atoms with E-state index in [9.17, 15) is 9.18 Å². The first-order chi connectivity index (χ1) is 9.39. The summed E-state index contributed by atoms with van der Waals surface area (Å²) >= 11 is 0. The van der Waals surface area contributed by atoms with Gasteiger partial charge < -0.3 is 20.7 Å². The number of hydrogen-bond acceptors (Lipinski definition) is 3. The van der Waals surface area contributed by atoms with Crippen molar-refractivity contribution in [1.82, 2.24) is 4.90 Å². The number of amides is 2. The van der Waals surface area contributed by atoms with Crippen LogP contribution in [0.3, 0.4) is 0 Å². The van der Waals surface area contributed by atoms with Crippen LogP contribution in [0, 0.1) is 5.82 Å². The molecular formula is C14H20FN3O2. The summed E-state index contributed by atoms with van der Waals surface area (Å²) in [7, 11) is 0. The topological polar surface area (TPSA) is 67.6 Å². The summed E-state index contributed by atoms with van der Waals surface area (Å²) in [6.07, 6.45) is -0.169. The van der Waals surface area contributed by atoms with E-state index >= 15 is 0 Å². The molecule has 1 unspecified atom stereocenters. The molecule has 1 fully saturated rings. The Balaban J connectivity index is 2.02. The standard InChI is InChI=1S/C14H20FN3O2/c1-14(2)9-18(8-12(7-16)20-14)13(19)17-11-5-3-10(15)4-6-11/h3-6,12H,7-9,16H2,1-2H3,(H,17,19). The Kier molecular flexibility index (Phi) is 4.25. The molecule has 6 heteroatoms. The molecular weight excluding hydrogens is 261 g/mol. The summed E-state index contributed by atoms with van der Waals surface area (Å²) in [6, 6.07) is 5.44. The Morgan fingerprint density at radius 1 is 1.50 bits per heavy atom. The van der Waals surface area contributed by atoms with Crippen molar-refractivity contribution in [2.75, 3.05) is 25.0 Å². The molecule has 2 amide bonds. The van der Waals surface area contributed by atoms with Crippen molar-refractivity contribution in [2.24, 2.45) is 5.73 Å². The highest BCUT2D eigenvalue weighted by atomic mass is 19.1. The van der Waals surface area contributed by atoms with Gasteiger partial charge in [-0.25, -0.2) is 9.18 Å². The number of ether oxygens (including phenoxy) is 1. The lowest BCUT2D eigenvalue weighted by Crippen LogP contribution is -2.57. The van der Waals surface area contributed by atoms with E-state index < -0.39 is 5.60 Å². The van der Waals surface area contributed by atoms with Gasteiger partial charge in [0, 0.05) is 18.8 Å². The normalized spacial score (nSPS) is 21.6. The van der Waals surface area contributed by atoms with Crippen LogP contribution in [-0.4, -0.2) is 42.3 Å². The van der Waals surface area contributed by atoms with Crippen molar-refractivity contribution in [3.8, 4) is 0 Å². The van der Waals surface area contributed by atoms with Gasteiger partial charge in [0.1, 0.15) is 5.82 Å². The number of carbonyl (C=O) groups excluding carboxylic acids is 1. The highest BCUT2D eigenvalue weighted by molar-refractivity contribution is 5.89. The predicted molar refractivity (Wildman–Crippen MR) is 75.0 cm³/mol. The van der Waals surface area contributed by atoms with E-state index in [1.807, 2.05) is 13.8 Å². The first-order valence-electron chi connectivity index (χ1n) is 6.59. The quantitative estimate of drug-likeness (QED) is 0.868. The molecule has 0 radical (unpaired) electrons. The van der Waals surface area contributed by atoms with Gasteiger partial charge in [0.2, 0.25) is 0 Å². The Hall–Kier alpha value is -1.66. The van der Waals surface area contributed by atoms with Crippen molar-refractivity contribution >= 4 is 11.7 Å². The smallest absolute Gasteiger partial charge is 0.322 e. The lowest BCUT2D eigenvalue weighted by atomic mass is 10.1. The van der Waals surface area contributed by atoms with Gasteiger partial charge >= 0.3 is 6.03 Å². The molecule has 0 spiro atoms. The second-order valence-electron chi connectivity index (χ2n) is 5.55. The van der Waals surface area contributed by atoms with Crippen molar-refractivity contribution in [3.63, 3.8) is 0 Å². The number of halogens is 1.